The zero-order valence-electron chi connectivity index (χ0n) is 19.6. The highest BCUT2D eigenvalue weighted by Gasteiger charge is 2.28. The molecule has 184 valence electrons. The van der Waals surface area contributed by atoms with E-state index < -0.39 is 17.4 Å². The zero-order valence-corrected chi connectivity index (χ0v) is 20.3. The van der Waals surface area contributed by atoms with Crippen molar-refractivity contribution in [1.29, 1.82) is 0 Å². The molecule has 0 radical (unpaired) electrons. The van der Waals surface area contributed by atoms with Gasteiger partial charge in [0.1, 0.15) is 12.3 Å². The molecule has 4 N–H and O–H groups in total. The van der Waals surface area contributed by atoms with Crippen LogP contribution < -0.4 is 20.9 Å². The first kappa shape index (κ1) is 26.7. The van der Waals surface area contributed by atoms with Gasteiger partial charge in [0, 0.05) is 24.5 Å². The lowest BCUT2D eigenvalue weighted by Crippen LogP contribution is -2.44. The largest absolute Gasteiger partial charge is 0.495 e. The number of carbonyl (C=O) groups is 3. The number of hydrogen-bond donors (Lipinski definition) is 4. The Morgan fingerprint density at radius 3 is 2.58 bits per heavy atom. The van der Waals surface area contributed by atoms with Gasteiger partial charge < -0.3 is 20.3 Å². The summed E-state index contributed by atoms with van der Waals surface area (Å²) in [5, 5.41) is 14.8. The minimum Gasteiger partial charge on any atom is -0.495 e. The summed E-state index contributed by atoms with van der Waals surface area (Å²) in [4.78, 5) is 38.6. The van der Waals surface area contributed by atoms with Gasteiger partial charge in [0.25, 0.3) is 5.91 Å². The van der Waals surface area contributed by atoms with E-state index in [0.717, 1.165) is 19.3 Å². The molecular formula is C23H35ClN4O5. The highest BCUT2D eigenvalue weighted by molar-refractivity contribution is 6.31. The van der Waals surface area contributed by atoms with Crippen LogP contribution in [0.3, 0.4) is 0 Å². The zero-order chi connectivity index (χ0) is 24.4. The van der Waals surface area contributed by atoms with Gasteiger partial charge in [0.15, 0.2) is 0 Å². The van der Waals surface area contributed by atoms with Gasteiger partial charge in [-0.1, -0.05) is 51.1 Å². The molecule has 1 aromatic carbocycles. The predicted molar refractivity (Wildman–Crippen MR) is 127 cm³/mol. The molecule has 0 atom stereocenters. The Bertz CT molecular complexity index is 827. The molecule has 0 aromatic heterocycles. The van der Waals surface area contributed by atoms with Crippen molar-refractivity contribution in [2.24, 2.45) is 11.3 Å². The molecule has 0 bridgehead atoms. The van der Waals surface area contributed by atoms with Crippen molar-refractivity contribution >= 4 is 35.1 Å². The average Bonchev–Trinajstić information content (AvgIpc) is 3.28. The Kier molecular flexibility index (Phi) is 10.2. The minimum absolute atomic E-state index is 0.136. The first-order valence-electron chi connectivity index (χ1n) is 11.2. The van der Waals surface area contributed by atoms with E-state index >= 15 is 0 Å². The standard InChI is InChI=1S/C23H35ClN4O5/c1-23(2,15-25-22(31)26-18-12-17(24)8-9-19(18)33-3)13-21(30)28(14-20(29)27-32)11-10-16-6-4-5-7-16/h8-9,12,16,32H,4-7,10-11,13-15H2,1-3H3,(H,27,29)(H2,25,26,31). The maximum Gasteiger partial charge on any atom is 0.319 e. The van der Waals surface area contributed by atoms with Crippen LogP contribution in [-0.2, 0) is 9.59 Å². The van der Waals surface area contributed by atoms with Crippen LogP contribution in [0, 0.1) is 11.3 Å². The van der Waals surface area contributed by atoms with Crippen LogP contribution in [-0.4, -0.2) is 54.7 Å². The lowest BCUT2D eigenvalue weighted by molar-refractivity contribution is -0.140. The molecule has 0 heterocycles. The van der Waals surface area contributed by atoms with Crippen molar-refractivity contribution in [3.8, 4) is 5.75 Å². The van der Waals surface area contributed by atoms with Crippen LogP contribution >= 0.6 is 11.6 Å². The predicted octanol–water partition coefficient (Wildman–Crippen LogP) is 3.80. The van der Waals surface area contributed by atoms with Crippen LogP contribution in [0.5, 0.6) is 5.75 Å². The molecule has 10 heteroatoms. The molecule has 1 aromatic rings. The van der Waals surface area contributed by atoms with E-state index in [4.69, 9.17) is 21.5 Å². The Morgan fingerprint density at radius 1 is 1.24 bits per heavy atom. The van der Waals surface area contributed by atoms with Crippen LogP contribution in [0.25, 0.3) is 0 Å². The van der Waals surface area contributed by atoms with Gasteiger partial charge in [-0.05, 0) is 36.0 Å². The van der Waals surface area contributed by atoms with Crippen molar-refractivity contribution in [1.82, 2.24) is 15.7 Å². The van der Waals surface area contributed by atoms with Crippen molar-refractivity contribution in [3.05, 3.63) is 23.2 Å². The summed E-state index contributed by atoms with van der Waals surface area (Å²) in [6, 6.07) is 4.45. The summed E-state index contributed by atoms with van der Waals surface area (Å²) in [6.45, 7) is 4.24. The molecule has 0 spiro atoms. The fourth-order valence-electron chi connectivity index (χ4n) is 3.99. The van der Waals surface area contributed by atoms with E-state index in [1.807, 2.05) is 13.8 Å². The quantitative estimate of drug-likeness (QED) is 0.282. The Hall–Kier alpha value is -2.52. The number of halogens is 1. The number of ether oxygens (including phenoxy) is 1. The second kappa shape index (κ2) is 12.6. The maximum absolute atomic E-state index is 13.0. The van der Waals surface area contributed by atoms with E-state index in [2.05, 4.69) is 10.6 Å². The number of benzene rings is 1. The van der Waals surface area contributed by atoms with Crippen LogP contribution in [0.4, 0.5) is 10.5 Å². The molecule has 4 amide bonds. The molecule has 1 aliphatic rings. The Labute approximate surface area is 200 Å². The highest BCUT2D eigenvalue weighted by atomic mass is 35.5. The Morgan fingerprint density at radius 2 is 1.94 bits per heavy atom. The lowest BCUT2D eigenvalue weighted by atomic mass is 9.88. The van der Waals surface area contributed by atoms with Crippen LogP contribution in [0.15, 0.2) is 18.2 Å². The van der Waals surface area contributed by atoms with Gasteiger partial charge in [-0.2, -0.15) is 0 Å². The average molecular weight is 483 g/mol. The fourth-order valence-corrected chi connectivity index (χ4v) is 4.16. The van der Waals surface area contributed by atoms with Crippen LogP contribution in [0.2, 0.25) is 5.02 Å². The van der Waals surface area contributed by atoms with Gasteiger partial charge in [0.2, 0.25) is 5.91 Å². The lowest BCUT2D eigenvalue weighted by Gasteiger charge is -2.29. The molecule has 2 rings (SSSR count). The van der Waals surface area contributed by atoms with Gasteiger partial charge >= 0.3 is 6.03 Å². The van der Waals surface area contributed by atoms with E-state index in [0.29, 0.717) is 28.9 Å². The van der Waals surface area contributed by atoms with Gasteiger partial charge in [-0.15, -0.1) is 0 Å². The third-order valence-electron chi connectivity index (χ3n) is 5.86. The monoisotopic (exact) mass is 482 g/mol. The number of amides is 4. The van der Waals surface area contributed by atoms with E-state index in [-0.39, 0.29) is 25.4 Å². The normalized spacial score (nSPS) is 14.0. The highest BCUT2D eigenvalue weighted by Crippen LogP contribution is 2.29. The molecule has 33 heavy (non-hydrogen) atoms. The third kappa shape index (κ3) is 9.09. The summed E-state index contributed by atoms with van der Waals surface area (Å²) in [6.07, 6.45) is 5.69. The smallest absolute Gasteiger partial charge is 0.319 e. The summed E-state index contributed by atoms with van der Waals surface area (Å²) in [5.41, 5.74) is 1.47. The summed E-state index contributed by atoms with van der Waals surface area (Å²) >= 11 is 5.99. The molecule has 1 fully saturated rings. The number of hydrogen-bond acceptors (Lipinski definition) is 5. The number of urea groups is 1. The maximum atomic E-state index is 13.0. The molecule has 9 nitrogen and oxygen atoms in total. The van der Waals surface area contributed by atoms with Crippen molar-refractivity contribution in [2.45, 2.75) is 52.4 Å². The van der Waals surface area contributed by atoms with Gasteiger partial charge in [-0.3, -0.25) is 14.8 Å². The molecule has 0 unspecified atom stereocenters. The number of methoxy groups -OCH3 is 1. The second-order valence-corrected chi connectivity index (χ2v) is 9.72. The first-order valence-corrected chi connectivity index (χ1v) is 11.6. The number of hydroxylamine groups is 1. The SMILES string of the molecule is COc1ccc(Cl)cc1NC(=O)NCC(C)(C)CC(=O)N(CCC1CCCC1)CC(=O)NO. The minimum atomic E-state index is -0.624. The first-order chi connectivity index (χ1) is 15.6. The van der Waals surface area contributed by atoms with E-state index in [1.54, 1.807) is 23.7 Å². The van der Waals surface area contributed by atoms with E-state index in [1.165, 1.54) is 24.9 Å². The number of anilines is 1. The number of nitrogens with one attached hydrogen (secondary N) is 3. The second-order valence-electron chi connectivity index (χ2n) is 9.28. The van der Waals surface area contributed by atoms with Crippen molar-refractivity contribution < 1.29 is 24.3 Å². The molecule has 1 saturated carbocycles. The fraction of sp³-hybridized carbons (Fsp3) is 0.609. The van der Waals surface area contributed by atoms with E-state index in [9.17, 15) is 14.4 Å². The molecule has 0 aliphatic heterocycles. The number of rotatable bonds is 11. The van der Waals surface area contributed by atoms with Crippen LogP contribution in [0.1, 0.15) is 52.4 Å². The number of nitrogens with zero attached hydrogens (tertiary/aromatic N) is 1. The molecular weight excluding hydrogens is 448 g/mol. The van der Waals surface area contributed by atoms with Crippen molar-refractivity contribution in [3.63, 3.8) is 0 Å². The number of carbonyl (C=O) groups excluding carboxylic acids is 3. The summed E-state index contributed by atoms with van der Waals surface area (Å²) < 4.78 is 5.22. The summed E-state index contributed by atoms with van der Waals surface area (Å²) in [7, 11) is 1.50. The topological polar surface area (TPSA) is 120 Å². The molecule has 0 saturated heterocycles. The van der Waals surface area contributed by atoms with Crippen molar-refractivity contribution in [2.75, 3.05) is 32.1 Å². The molecule has 1 aliphatic carbocycles. The summed E-state index contributed by atoms with van der Waals surface area (Å²) in [5.74, 6) is 0.226. The van der Waals surface area contributed by atoms with Gasteiger partial charge in [0.05, 0.1) is 12.8 Å². The Balaban J connectivity index is 1.91. The third-order valence-corrected chi connectivity index (χ3v) is 6.10. The van der Waals surface area contributed by atoms with Gasteiger partial charge in [-0.25, -0.2) is 10.3 Å².